The van der Waals surface area contributed by atoms with Crippen molar-refractivity contribution in [3.05, 3.63) is 35.9 Å². The van der Waals surface area contributed by atoms with E-state index in [9.17, 15) is 9.59 Å². The van der Waals surface area contributed by atoms with Gasteiger partial charge in [-0.2, -0.15) is 0 Å². The van der Waals surface area contributed by atoms with Crippen LogP contribution in [0.2, 0.25) is 0 Å². The predicted octanol–water partition coefficient (Wildman–Crippen LogP) is 2.51. The van der Waals surface area contributed by atoms with E-state index in [0.717, 1.165) is 24.9 Å². The van der Waals surface area contributed by atoms with Crippen LogP contribution in [0.1, 0.15) is 45.2 Å². The van der Waals surface area contributed by atoms with E-state index in [1.165, 1.54) is 0 Å². The highest BCUT2D eigenvalue weighted by molar-refractivity contribution is 5.85. The van der Waals surface area contributed by atoms with Gasteiger partial charge in [0, 0.05) is 31.1 Å². The Hall–Kier alpha value is -1.59. The Bertz CT molecular complexity index is 572. The summed E-state index contributed by atoms with van der Waals surface area (Å²) < 4.78 is 0. The van der Waals surface area contributed by atoms with Gasteiger partial charge in [-0.3, -0.25) is 9.59 Å². The first-order valence-electron chi connectivity index (χ1n) is 8.66. The zero-order valence-corrected chi connectivity index (χ0v) is 16.1. The molecule has 0 saturated carbocycles. The van der Waals surface area contributed by atoms with Crippen molar-refractivity contribution in [3.63, 3.8) is 0 Å². The maximum atomic E-state index is 12.4. The normalized spacial score (nSPS) is 18.9. The van der Waals surface area contributed by atoms with E-state index in [4.69, 9.17) is 5.73 Å². The van der Waals surface area contributed by atoms with Crippen molar-refractivity contribution < 1.29 is 9.59 Å². The summed E-state index contributed by atoms with van der Waals surface area (Å²) >= 11 is 0. The summed E-state index contributed by atoms with van der Waals surface area (Å²) in [5.41, 5.74) is 6.72. The summed E-state index contributed by atoms with van der Waals surface area (Å²) in [6.45, 7) is 7.40. The minimum Gasteiger partial charge on any atom is -0.354 e. The standard InChI is InChI=1S/C19H29N3O2.ClH/c1-19(2,3)18(24)22-11-7-10-15(13-22)17(23)21-12-16(20)14-8-5-4-6-9-14;/h4-6,8-9,15-16H,7,10-13,20H2,1-3H3,(H,21,23);1H. The number of piperidine rings is 1. The van der Waals surface area contributed by atoms with Gasteiger partial charge in [0.15, 0.2) is 0 Å². The fourth-order valence-corrected chi connectivity index (χ4v) is 3.02. The van der Waals surface area contributed by atoms with E-state index in [-0.39, 0.29) is 36.2 Å². The van der Waals surface area contributed by atoms with E-state index < -0.39 is 5.41 Å². The number of carbonyl (C=O) groups is 2. The first-order chi connectivity index (χ1) is 11.3. The van der Waals surface area contributed by atoms with Gasteiger partial charge in [0.2, 0.25) is 11.8 Å². The molecule has 1 aliphatic heterocycles. The summed E-state index contributed by atoms with van der Waals surface area (Å²) in [6, 6.07) is 9.52. The van der Waals surface area contributed by atoms with Crippen molar-refractivity contribution in [2.75, 3.05) is 19.6 Å². The molecule has 6 heteroatoms. The smallest absolute Gasteiger partial charge is 0.227 e. The number of rotatable bonds is 4. The van der Waals surface area contributed by atoms with Crippen LogP contribution in [0.4, 0.5) is 0 Å². The Morgan fingerprint density at radius 3 is 2.52 bits per heavy atom. The third kappa shape index (κ3) is 6.01. The van der Waals surface area contributed by atoms with E-state index in [1.54, 1.807) is 0 Å². The molecule has 0 bridgehead atoms. The molecule has 25 heavy (non-hydrogen) atoms. The molecule has 1 saturated heterocycles. The molecule has 1 aromatic carbocycles. The average molecular weight is 368 g/mol. The minimum absolute atomic E-state index is 0. The number of benzene rings is 1. The fraction of sp³-hybridized carbons (Fsp3) is 0.579. The SMILES string of the molecule is CC(C)(C)C(=O)N1CCCC(C(=O)NCC(N)c2ccccc2)C1.Cl. The molecule has 1 aromatic rings. The van der Waals surface area contributed by atoms with Crippen molar-refractivity contribution in [2.24, 2.45) is 17.1 Å². The second kappa shape index (κ2) is 9.20. The van der Waals surface area contributed by atoms with Gasteiger partial charge in [0.1, 0.15) is 0 Å². The van der Waals surface area contributed by atoms with E-state index in [0.29, 0.717) is 13.1 Å². The van der Waals surface area contributed by atoms with Crippen LogP contribution in [-0.2, 0) is 9.59 Å². The molecule has 0 aliphatic carbocycles. The zero-order chi connectivity index (χ0) is 17.7. The van der Waals surface area contributed by atoms with Gasteiger partial charge in [0.25, 0.3) is 0 Å². The quantitative estimate of drug-likeness (QED) is 0.858. The highest BCUT2D eigenvalue weighted by Gasteiger charge is 2.33. The molecule has 0 radical (unpaired) electrons. The van der Waals surface area contributed by atoms with Crippen LogP contribution in [0.5, 0.6) is 0 Å². The number of halogens is 1. The zero-order valence-electron chi connectivity index (χ0n) is 15.3. The Morgan fingerprint density at radius 2 is 1.92 bits per heavy atom. The predicted molar refractivity (Wildman–Crippen MR) is 102 cm³/mol. The summed E-state index contributed by atoms with van der Waals surface area (Å²) in [5, 5.41) is 2.95. The Labute approximate surface area is 156 Å². The van der Waals surface area contributed by atoms with E-state index >= 15 is 0 Å². The van der Waals surface area contributed by atoms with Gasteiger partial charge in [-0.25, -0.2) is 0 Å². The van der Waals surface area contributed by atoms with Gasteiger partial charge in [0.05, 0.1) is 5.92 Å². The van der Waals surface area contributed by atoms with Crippen LogP contribution < -0.4 is 11.1 Å². The second-order valence-corrected chi connectivity index (χ2v) is 7.60. The fourth-order valence-electron chi connectivity index (χ4n) is 3.02. The molecule has 0 aromatic heterocycles. The van der Waals surface area contributed by atoms with Crippen molar-refractivity contribution in [1.29, 1.82) is 0 Å². The number of amides is 2. The molecular weight excluding hydrogens is 338 g/mol. The van der Waals surface area contributed by atoms with Gasteiger partial charge >= 0.3 is 0 Å². The highest BCUT2D eigenvalue weighted by Crippen LogP contribution is 2.23. The topological polar surface area (TPSA) is 75.4 Å². The van der Waals surface area contributed by atoms with Crippen LogP contribution in [0.15, 0.2) is 30.3 Å². The number of carbonyl (C=O) groups excluding carboxylic acids is 2. The molecular formula is C19H30ClN3O2. The number of hydrogen-bond acceptors (Lipinski definition) is 3. The molecule has 2 rings (SSSR count). The molecule has 1 aliphatic rings. The van der Waals surface area contributed by atoms with Crippen molar-refractivity contribution >= 4 is 24.2 Å². The van der Waals surface area contributed by atoms with Gasteiger partial charge < -0.3 is 16.0 Å². The lowest BCUT2D eigenvalue weighted by Gasteiger charge is -2.36. The van der Waals surface area contributed by atoms with Crippen LogP contribution in [0.25, 0.3) is 0 Å². The van der Waals surface area contributed by atoms with E-state index in [1.807, 2.05) is 56.0 Å². The van der Waals surface area contributed by atoms with Crippen molar-refractivity contribution in [3.8, 4) is 0 Å². The van der Waals surface area contributed by atoms with Gasteiger partial charge in [-0.1, -0.05) is 51.1 Å². The lowest BCUT2D eigenvalue weighted by Crippen LogP contribution is -2.49. The molecule has 1 heterocycles. The van der Waals surface area contributed by atoms with E-state index in [2.05, 4.69) is 5.32 Å². The lowest BCUT2D eigenvalue weighted by atomic mass is 9.91. The number of hydrogen-bond donors (Lipinski definition) is 2. The first kappa shape index (κ1) is 21.5. The van der Waals surface area contributed by atoms with Crippen molar-refractivity contribution in [1.82, 2.24) is 10.2 Å². The molecule has 2 amide bonds. The summed E-state index contributed by atoms with van der Waals surface area (Å²) in [7, 11) is 0. The number of likely N-dealkylation sites (tertiary alicyclic amines) is 1. The largest absolute Gasteiger partial charge is 0.354 e. The molecule has 2 atom stereocenters. The number of nitrogens with two attached hydrogens (primary N) is 1. The molecule has 2 unspecified atom stereocenters. The maximum Gasteiger partial charge on any atom is 0.227 e. The molecule has 140 valence electrons. The minimum atomic E-state index is -0.409. The Kier molecular flexibility index (Phi) is 7.90. The van der Waals surface area contributed by atoms with Crippen LogP contribution in [0.3, 0.4) is 0 Å². The summed E-state index contributed by atoms with van der Waals surface area (Å²) in [6.07, 6.45) is 1.69. The number of nitrogens with one attached hydrogen (secondary N) is 1. The lowest BCUT2D eigenvalue weighted by molar-refractivity contribution is -0.142. The van der Waals surface area contributed by atoms with Gasteiger partial charge in [-0.15, -0.1) is 12.4 Å². The second-order valence-electron chi connectivity index (χ2n) is 7.60. The van der Waals surface area contributed by atoms with Crippen LogP contribution >= 0.6 is 12.4 Å². The average Bonchev–Trinajstić information content (AvgIpc) is 2.58. The van der Waals surface area contributed by atoms with Crippen LogP contribution in [-0.4, -0.2) is 36.3 Å². The van der Waals surface area contributed by atoms with Crippen LogP contribution in [0, 0.1) is 11.3 Å². The third-order valence-corrected chi connectivity index (χ3v) is 4.44. The summed E-state index contributed by atoms with van der Waals surface area (Å²) in [5.74, 6) is -0.0400. The first-order valence-corrected chi connectivity index (χ1v) is 8.66. The number of nitrogens with zero attached hydrogens (tertiary/aromatic N) is 1. The highest BCUT2D eigenvalue weighted by atomic mass is 35.5. The molecule has 1 fully saturated rings. The van der Waals surface area contributed by atoms with Gasteiger partial charge in [-0.05, 0) is 18.4 Å². The Balaban J connectivity index is 0.00000312. The third-order valence-electron chi connectivity index (χ3n) is 4.44. The monoisotopic (exact) mass is 367 g/mol. The summed E-state index contributed by atoms with van der Waals surface area (Å²) in [4.78, 5) is 26.7. The molecule has 5 nitrogen and oxygen atoms in total. The van der Waals surface area contributed by atoms with Crippen molar-refractivity contribution in [2.45, 2.75) is 39.7 Å². The molecule has 0 spiro atoms. The Morgan fingerprint density at radius 1 is 1.28 bits per heavy atom. The maximum absolute atomic E-state index is 12.4. The molecule has 3 N–H and O–H groups in total.